The fraction of sp³-hybridized carbons (Fsp3) is 0.438. The van der Waals surface area contributed by atoms with Crippen LogP contribution in [0.4, 0.5) is 5.69 Å². The van der Waals surface area contributed by atoms with E-state index in [0.717, 1.165) is 0 Å². The van der Waals surface area contributed by atoms with E-state index in [0.29, 0.717) is 37.2 Å². The molecule has 1 saturated heterocycles. The molecule has 0 spiro atoms. The molecular formula is C16H20N2O4. The smallest absolute Gasteiger partial charge is 0.308 e. The largest absolute Gasteiger partial charge is 0.469 e. The SMILES string of the molecule is COC(=O)C1CCN(C(=O)c2cccc(NC(C)=O)c2)CC1. The topological polar surface area (TPSA) is 75.7 Å². The molecule has 0 aromatic heterocycles. The van der Waals surface area contributed by atoms with Gasteiger partial charge in [0.2, 0.25) is 5.91 Å². The third-order valence-corrected chi connectivity index (χ3v) is 3.75. The van der Waals surface area contributed by atoms with Crippen LogP contribution in [0, 0.1) is 5.92 Å². The van der Waals surface area contributed by atoms with Crippen molar-refractivity contribution in [1.29, 1.82) is 0 Å². The Labute approximate surface area is 129 Å². The highest BCUT2D eigenvalue weighted by Gasteiger charge is 2.28. The fourth-order valence-electron chi connectivity index (χ4n) is 2.60. The average molecular weight is 304 g/mol. The van der Waals surface area contributed by atoms with Crippen LogP contribution in [0.1, 0.15) is 30.1 Å². The summed E-state index contributed by atoms with van der Waals surface area (Å²) in [4.78, 5) is 36.8. The number of esters is 1. The van der Waals surface area contributed by atoms with Crippen LogP contribution in [0.25, 0.3) is 0 Å². The van der Waals surface area contributed by atoms with Crippen molar-refractivity contribution in [2.24, 2.45) is 5.92 Å². The lowest BCUT2D eigenvalue weighted by Gasteiger charge is -2.30. The third kappa shape index (κ3) is 3.84. The molecule has 0 atom stereocenters. The van der Waals surface area contributed by atoms with Crippen molar-refractivity contribution < 1.29 is 19.1 Å². The van der Waals surface area contributed by atoms with Crippen LogP contribution in [0.5, 0.6) is 0 Å². The molecule has 1 fully saturated rings. The third-order valence-electron chi connectivity index (χ3n) is 3.75. The predicted molar refractivity (Wildman–Crippen MR) is 81.4 cm³/mol. The minimum atomic E-state index is -0.209. The van der Waals surface area contributed by atoms with Crippen molar-refractivity contribution in [2.45, 2.75) is 19.8 Å². The Bertz CT molecular complexity index is 577. The first-order chi connectivity index (χ1) is 10.5. The lowest BCUT2D eigenvalue weighted by Crippen LogP contribution is -2.40. The molecule has 1 aromatic carbocycles. The quantitative estimate of drug-likeness (QED) is 0.862. The number of anilines is 1. The molecule has 0 saturated carbocycles. The molecule has 1 aliphatic heterocycles. The minimum Gasteiger partial charge on any atom is -0.469 e. The summed E-state index contributed by atoms with van der Waals surface area (Å²) in [5, 5.41) is 2.66. The Morgan fingerprint density at radius 3 is 2.50 bits per heavy atom. The molecule has 22 heavy (non-hydrogen) atoms. The Morgan fingerprint density at radius 1 is 1.23 bits per heavy atom. The Morgan fingerprint density at radius 2 is 1.91 bits per heavy atom. The number of rotatable bonds is 3. The molecule has 0 bridgehead atoms. The maximum atomic E-state index is 12.5. The number of methoxy groups -OCH3 is 1. The molecule has 1 N–H and O–H groups in total. The summed E-state index contributed by atoms with van der Waals surface area (Å²) in [6.07, 6.45) is 1.23. The first kappa shape index (κ1) is 16.0. The summed E-state index contributed by atoms with van der Waals surface area (Å²) in [7, 11) is 1.38. The zero-order valence-electron chi connectivity index (χ0n) is 12.8. The first-order valence-corrected chi connectivity index (χ1v) is 7.26. The van der Waals surface area contributed by atoms with E-state index in [1.165, 1.54) is 14.0 Å². The van der Waals surface area contributed by atoms with Gasteiger partial charge in [0.1, 0.15) is 0 Å². The van der Waals surface area contributed by atoms with Crippen LogP contribution in [0.3, 0.4) is 0 Å². The second kappa shape index (κ2) is 7.06. The van der Waals surface area contributed by atoms with E-state index < -0.39 is 0 Å². The summed E-state index contributed by atoms with van der Waals surface area (Å²) >= 11 is 0. The molecule has 118 valence electrons. The molecular weight excluding hydrogens is 284 g/mol. The number of benzene rings is 1. The Hall–Kier alpha value is -2.37. The predicted octanol–water partition coefficient (Wildman–Crippen LogP) is 1.67. The Kier molecular flexibility index (Phi) is 5.14. The van der Waals surface area contributed by atoms with E-state index in [1.54, 1.807) is 29.2 Å². The Balaban J connectivity index is 2.01. The molecule has 0 unspecified atom stereocenters. The van der Waals surface area contributed by atoms with Crippen LogP contribution in [-0.4, -0.2) is 42.9 Å². The van der Waals surface area contributed by atoms with Gasteiger partial charge in [-0.2, -0.15) is 0 Å². The van der Waals surface area contributed by atoms with Crippen molar-refractivity contribution in [3.63, 3.8) is 0 Å². The standard InChI is InChI=1S/C16H20N2O4/c1-11(19)17-14-5-3-4-13(10-14)15(20)18-8-6-12(7-9-18)16(21)22-2/h3-5,10,12H,6-9H2,1-2H3,(H,17,19). The molecule has 0 aliphatic carbocycles. The molecule has 1 aromatic rings. The van der Waals surface area contributed by atoms with Crippen molar-refractivity contribution >= 4 is 23.5 Å². The lowest BCUT2D eigenvalue weighted by atomic mass is 9.96. The first-order valence-electron chi connectivity index (χ1n) is 7.26. The molecule has 1 aliphatic rings. The zero-order chi connectivity index (χ0) is 16.1. The van der Waals surface area contributed by atoms with Gasteiger partial charge in [-0.15, -0.1) is 0 Å². The highest BCUT2D eigenvalue weighted by molar-refractivity contribution is 5.97. The van der Waals surface area contributed by atoms with Crippen LogP contribution in [0.15, 0.2) is 24.3 Å². The number of piperidine rings is 1. The molecule has 1 heterocycles. The second-order valence-electron chi connectivity index (χ2n) is 5.35. The molecule has 6 nitrogen and oxygen atoms in total. The summed E-state index contributed by atoms with van der Waals surface area (Å²) in [5.74, 6) is -0.599. The molecule has 2 amide bonds. The number of ether oxygens (including phenoxy) is 1. The van der Waals surface area contributed by atoms with Crippen LogP contribution >= 0.6 is 0 Å². The minimum absolute atomic E-state index is 0.0875. The summed E-state index contributed by atoms with van der Waals surface area (Å²) in [6, 6.07) is 6.86. The van der Waals surface area contributed by atoms with Gasteiger partial charge >= 0.3 is 5.97 Å². The van der Waals surface area contributed by atoms with Crippen LogP contribution in [-0.2, 0) is 14.3 Å². The van der Waals surface area contributed by atoms with Crippen LogP contribution in [0.2, 0.25) is 0 Å². The number of amides is 2. The van der Waals surface area contributed by atoms with E-state index in [4.69, 9.17) is 4.74 Å². The van der Waals surface area contributed by atoms with Gasteiger partial charge in [-0.25, -0.2) is 0 Å². The maximum Gasteiger partial charge on any atom is 0.308 e. The van der Waals surface area contributed by atoms with Gasteiger partial charge in [0.25, 0.3) is 5.91 Å². The monoisotopic (exact) mass is 304 g/mol. The number of nitrogens with one attached hydrogen (secondary N) is 1. The van der Waals surface area contributed by atoms with Gasteiger partial charge in [-0.3, -0.25) is 14.4 Å². The highest BCUT2D eigenvalue weighted by Crippen LogP contribution is 2.21. The molecule has 6 heteroatoms. The molecule has 0 radical (unpaired) electrons. The van der Waals surface area contributed by atoms with E-state index in [-0.39, 0.29) is 23.7 Å². The normalized spacial score (nSPS) is 15.3. The molecule has 2 rings (SSSR count). The maximum absolute atomic E-state index is 12.5. The van der Waals surface area contributed by atoms with Gasteiger partial charge in [0, 0.05) is 31.3 Å². The highest BCUT2D eigenvalue weighted by atomic mass is 16.5. The van der Waals surface area contributed by atoms with Gasteiger partial charge in [0.05, 0.1) is 13.0 Å². The second-order valence-corrected chi connectivity index (χ2v) is 5.35. The number of hydrogen-bond donors (Lipinski definition) is 1. The van der Waals surface area contributed by atoms with Crippen molar-refractivity contribution in [3.8, 4) is 0 Å². The van der Waals surface area contributed by atoms with Crippen molar-refractivity contribution in [1.82, 2.24) is 4.90 Å². The van der Waals surface area contributed by atoms with Gasteiger partial charge < -0.3 is 15.0 Å². The number of hydrogen-bond acceptors (Lipinski definition) is 4. The summed E-state index contributed by atoms with van der Waals surface area (Å²) in [6.45, 7) is 2.48. The van der Waals surface area contributed by atoms with Gasteiger partial charge in [-0.1, -0.05) is 6.07 Å². The number of carbonyl (C=O) groups excluding carboxylic acids is 3. The van der Waals surface area contributed by atoms with Crippen LogP contribution < -0.4 is 5.32 Å². The van der Waals surface area contributed by atoms with E-state index >= 15 is 0 Å². The number of carbonyl (C=O) groups is 3. The van der Waals surface area contributed by atoms with Gasteiger partial charge in [-0.05, 0) is 31.0 Å². The van der Waals surface area contributed by atoms with E-state index in [2.05, 4.69) is 5.32 Å². The lowest BCUT2D eigenvalue weighted by molar-refractivity contribution is -0.146. The van der Waals surface area contributed by atoms with E-state index in [1.807, 2.05) is 0 Å². The fourth-order valence-corrected chi connectivity index (χ4v) is 2.60. The number of nitrogens with zero attached hydrogens (tertiary/aromatic N) is 1. The van der Waals surface area contributed by atoms with Crippen molar-refractivity contribution in [3.05, 3.63) is 29.8 Å². The average Bonchev–Trinajstić information content (AvgIpc) is 2.53. The summed E-state index contributed by atoms with van der Waals surface area (Å²) < 4.78 is 4.74. The van der Waals surface area contributed by atoms with Gasteiger partial charge in [0.15, 0.2) is 0 Å². The van der Waals surface area contributed by atoms with E-state index in [9.17, 15) is 14.4 Å². The zero-order valence-corrected chi connectivity index (χ0v) is 12.8. The van der Waals surface area contributed by atoms with Crippen molar-refractivity contribution in [2.75, 3.05) is 25.5 Å². The number of likely N-dealkylation sites (tertiary alicyclic amines) is 1. The summed E-state index contributed by atoms with van der Waals surface area (Å²) in [5.41, 5.74) is 1.13.